The maximum absolute atomic E-state index is 13.8. The Morgan fingerprint density at radius 2 is 1.95 bits per heavy atom. The van der Waals surface area contributed by atoms with Crippen LogP contribution in [0.3, 0.4) is 0 Å². The summed E-state index contributed by atoms with van der Waals surface area (Å²) in [6, 6.07) is 10.6. The van der Waals surface area contributed by atoms with E-state index in [4.69, 9.17) is 11.1 Å². The molecule has 0 spiro atoms. The van der Waals surface area contributed by atoms with Crippen molar-refractivity contribution in [2.24, 2.45) is 5.73 Å². The highest BCUT2D eigenvalue weighted by atomic mass is 32.2. The highest BCUT2D eigenvalue weighted by molar-refractivity contribution is 7.98. The van der Waals surface area contributed by atoms with Gasteiger partial charge in [0.15, 0.2) is 0 Å². The Hall–Kier alpha value is -1.88. The van der Waals surface area contributed by atoms with E-state index in [2.05, 4.69) is 0 Å². The quantitative estimate of drug-likeness (QED) is 0.510. The average molecular weight is 278 g/mol. The summed E-state index contributed by atoms with van der Waals surface area (Å²) >= 11 is 1.35. The zero-order chi connectivity index (χ0) is 13.8. The molecule has 2 aromatic carbocycles. The molecule has 0 saturated heterocycles. The fraction of sp³-hybridized carbons (Fsp3) is 0.0714. The van der Waals surface area contributed by atoms with E-state index in [1.807, 2.05) is 0 Å². The van der Waals surface area contributed by atoms with Crippen molar-refractivity contribution in [3.05, 3.63) is 65.2 Å². The Labute approximate surface area is 114 Å². The van der Waals surface area contributed by atoms with Gasteiger partial charge in [-0.2, -0.15) is 0 Å². The minimum atomic E-state index is -0.406. The number of halogens is 2. The van der Waals surface area contributed by atoms with Crippen LogP contribution in [0.2, 0.25) is 0 Å². The van der Waals surface area contributed by atoms with Crippen molar-refractivity contribution in [2.45, 2.75) is 10.6 Å². The molecule has 0 aromatic heterocycles. The number of hydrogen-bond acceptors (Lipinski definition) is 2. The second kappa shape index (κ2) is 5.84. The lowest BCUT2D eigenvalue weighted by molar-refractivity contribution is 0.617. The minimum Gasteiger partial charge on any atom is -0.384 e. The molecule has 0 heterocycles. The van der Waals surface area contributed by atoms with Crippen LogP contribution in [0.25, 0.3) is 0 Å². The third-order valence-corrected chi connectivity index (χ3v) is 3.60. The van der Waals surface area contributed by atoms with Crippen molar-refractivity contribution in [3.63, 3.8) is 0 Å². The molecule has 0 amide bonds. The molecule has 0 radical (unpaired) electrons. The SMILES string of the molecule is N=C(N)c1ccc(CSc2cccc(F)c2)c(F)c1. The summed E-state index contributed by atoms with van der Waals surface area (Å²) in [4.78, 5) is 0.745. The molecule has 0 fully saturated rings. The number of hydrogen-bond donors (Lipinski definition) is 2. The molecule has 0 aliphatic heterocycles. The van der Waals surface area contributed by atoms with Gasteiger partial charge in [0.05, 0.1) is 0 Å². The predicted molar refractivity (Wildman–Crippen MR) is 73.4 cm³/mol. The van der Waals surface area contributed by atoms with Gasteiger partial charge in [-0.05, 0) is 29.8 Å². The van der Waals surface area contributed by atoms with E-state index in [0.29, 0.717) is 16.9 Å². The molecule has 0 aliphatic carbocycles. The van der Waals surface area contributed by atoms with Gasteiger partial charge in [0.25, 0.3) is 0 Å². The fourth-order valence-corrected chi connectivity index (χ4v) is 2.48. The summed E-state index contributed by atoms with van der Waals surface area (Å²) < 4.78 is 26.7. The predicted octanol–water partition coefficient (Wildman–Crippen LogP) is 3.54. The molecular formula is C14H12F2N2S. The van der Waals surface area contributed by atoms with E-state index in [9.17, 15) is 8.78 Å². The van der Waals surface area contributed by atoms with Gasteiger partial charge < -0.3 is 5.73 Å². The van der Waals surface area contributed by atoms with Gasteiger partial charge in [-0.25, -0.2) is 8.78 Å². The van der Waals surface area contributed by atoms with E-state index in [0.717, 1.165) is 4.90 Å². The van der Waals surface area contributed by atoms with Gasteiger partial charge in [-0.1, -0.05) is 18.2 Å². The topological polar surface area (TPSA) is 49.9 Å². The molecule has 0 bridgehead atoms. The standard InChI is InChI=1S/C14H12F2N2S/c15-11-2-1-3-12(7-11)19-8-10-5-4-9(14(17)18)6-13(10)16/h1-7H,8H2,(H3,17,18). The van der Waals surface area contributed by atoms with E-state index in [1.54, 1.807) is 24.3 Å². The Bertz CT molecular complexity index is 614. The summed E-state index contributed by atoms with van der Waals surface area (Å²) in [5.41, 5.74) is 6.14. The van der Waals surface area contributed by atoms with Gasteiger partial charge >= 0.3 is 0 Å². The number of thioether (sulfide) groups is 1. The minimum absolute atomic E-state index is 0.164. The highest BCUT2D eigenvalue weighted by Crippen LogP contribution is 2.24. The van der Waals surface area contributed by atoms with Crippen LogP contribution in [0.1, 0.15) is 11.1 Å². The van der Waals surface area contributed by atoms with Gasteiger partial charge in [0.2, 0.25) is 0 Å². The van der Waals surface area contributed by atoms with Crippen molar-refractivity contribution < 1.29 is 8.78 Å². The number of rotatable bonds is 4. The number of nitrogens with one attached hydrogen (secondary N) is 1. The zero-order valence-electron chi connectivity index (χ0n) is 9.99. The molecule has 19 heavy (non-hydrogen) atoms. The van der Waals surface area contributed by atoms with Crippen molar-refractivity contribution in [3.8, 4) is 0 Å². The van der Waals surface area contributed by atoms with Crippen molar-refractivity contribution >= 4 is 17.6 Å². The van der Waals surface area contributed by atoms with Crippen LogP contribution in [0.4, 0.5) is 8.78 Å². The Morgan fingerprint density at radius 1 is 1.16 bits per heavy atom. The summed E-state index contributed by atoms with van der Waals surface area (Å²) in [5, 5.41) is 7.23. The molecule has 2 aromatic rings. The molecule has 5 heteroatoms. The molecule has 0 saturated carbocycles. The monoisotopic (exact) mass is 278 g/mol. The smallest absolute Gasteiger partial charge is 0.127 e. The number of amidine groups is 1. The first-order valence-electron chi connectivity index (χ1n) is 5.57. The van der Waals surface area contributed by atoms with Gasteiger partial charge in [0, 0.05) is 16.2 Å². The fourth-order valence-electron chi connectivity index (χ4n) is 1.55. The molecule has 2 nitrogen and oxygen atoms in total. The maximum atomic E-state index is 13.8. The molecule has 98 valence electrons. The first-order chi connectivity index (χ1) is 9.06. The summed E-state index contributed by atoms with van der Waals surface area (Å²) in [6.45, 7) is 0. The van der Waals surface area contributed by atoms with E-state index < -0.39 is 5.82 Å². The first-order valence-corrected chi connectivity index (χ1v) is 6.56. The Morgan fingerprint density at radius 3 is 2.58 bits per heavy atom. The molecule has 3 N–H and O–H groups in total. The second-order valence-electron chi connectivity index (χ2n) is 3.97. The average Bonchev–Trinajstić information content (AvgIpc) is 2.37. The first kappa shape index (κ1) is 13.5. The zero-order valence-corrected chi connectivity index (χ0v) is 10.8. The van der Waals surface area contributed by atoms with Crippen molar-refractivity contribution in [1.82, 2.24) is 0 Å². The summed E-state index contributed by atoms with van der Waals surface area (Å²) in [6.07, 6.45) is 0. The van der Waals surface area contributed by atoms with Crippen molar-refractivity contribution in [2.75, 3.05) is 0 Å². The van der Waals surface area contributed by atoms with Crippen LogP contribution in [-0.4, -0.2) is 5.84 Å². The van der Waals surface area contributed by atoms with Crippen LogP contribution >= 0.6 is 11.8 Å². The number of nitrogen functional groups attached to an aromatic ring is 1. The molecule has 2 rings (SSSR count). The highest BCUT2D eigenvalue weighted by Gasteiger charge is 2.06. The van der Waals surface area contributed by atoms with Gasteiger partial charge in [-0.15, -0.1) is 11.8 Å². The normalized spacial score (nSPS) is 10.4. The van der Waals surface area contributed by atoms with Crippen LogP contribution in [0, 0.1) is 17.0 Å². The van der Waals surface area contributed by atoms with Crippen LogP contribution in [0.15, 0.2) is 47.4 Å². The summed E-state index contributed by atoms with van der Waals surface area (Å²) in [7, 11) is 0. The number of benzene rings is 2. The largest absolute Gasteiger partial charge is 0.384 e. The second-order valence-corrected chi connectivity index (χ2v) is 5.01. The summed E-state index contributed by atoms with van der Waals surface area (Å²) in [5.74, 6) is -0.481. The lowest BCUT2D eigenvalue weighted by Gasteiger charge is -2.05. The molecule has 0 atom stereocenters. The van der Waals surface area contributed by atoms with Crippen molar-refractivity contribution in [1.29, 1.82) is 5.41 Å². The molecule has 0 unspecified atom stereocenters. The van der Waals surface area contributed by atoms with E-state index in [-0.39, 0.29) is 11.7 Å². The van der Waals surface area contributed by atoms with E-state index >= 15 is 0 Å². The van der Waals surface area contributed by atoms with Gasteiger partial charge in [-0.3, -0.25) is 5.41 Å². The Balaban J connectivity index is 2.10. The number of nitrogens with two attached hydrogens (primary N) is 1. The van der Waals surface area contributed by atoms with Crippen LogP contribution in [-0.2, 0) is 5.75 Å². The van der Waals surface area contributed by atoms with Gasteiger partial charge in [0.1, 0.15) is 17.5 Å². The lowest BCUT2D eigenvalue weighted by atomic mass is 10.1. The molecular weight excluding hydrogens is 266 g/mol. The van der Waals surface area contributed by atoms with E-state index in [1.165, 1.54) is 30.0 Å². The maximum Gasteiger partial charge on any atom is 0.127 e. The molecule has 0 aliphatic rings. The lowest BCUT2D eigenvalue weighted by Crippen LogP contribution is -2.11. The third kappa shape index (κ3) is 3.54. The third-order valence-electron chi connectivity index (χ3n) is 2.55. The van der Waals surface area contributed by atoms with Crippen LogP contribution < -0.4 is 5.73 Å². The van der Waals surface area contributed by atoms with Crippen LogP contribution in [0.5, 0.6) is 0 Å². The Kier molecular flexibility index (Phi) is 4.16.